The van der Waals surface area contributed by atoms with Crippen LogP contribution in [0.1, 0.15) is 32.4 Å². The highest BCUT2D eigenvalue weighted by atomic mass is 35.5. The predicted octanol–water partition coefficient (Wildman–Crippen LogP) is 4.35. The summed E-state index contributed by atoms with van der Waals surface area (Å²) in [5, 5.41) is 7.63. The number of carbonyl (C=O) groups is 2. The van der Waals surface area contributed by atoms with Crippen LogP contribution in [0.5, 0.6) is 0 Å². The van der Waals surface area contributed by atoms with Gasteiger partial charge in [0, 0.05) is 18.2 Å². The lowest BCUT2D eigenvalue weighted by Gasteiger charge is -2.15. The highest BCUT2D eigenvalue weighted by Gasteiger charge is 2.18. The van der Waals surface area contributed by atoms with Gasteiger partial charge in [-0.1, -0.05) is 29.3 Å². The van der Waals surface area contributed by atoms with E-state index in [0.717, 1.165) is 0 Å². The molecule has 0 saturated carbocycles. The van der Waals surface area contributed by atoms with Crippen LogP contribution in [0.4, 0.5) is 5.82 Å². The first-order valence-electron chi connectivity index (χ1n) is 7.96. The third-order valence-electron chi connectivity index (χ3n) is 3.43. The normalized spacial score (nSPS) is 12.4. The van der Waals surface area contributed by atoms with E-state index >= 15 is 0 Å². The Hall–Kier alpha value is -2.31. The van der Waals surface area contributed by atoms with Crippen molar-refractivity contribution in [3.8, 4) is 0 Å². The molecule has 0 radical (unpaired) electrons. The minimum atomic E-state index is -0.962. The van der Waals surface area contributed by atoms with Gasteiger partial charge < -0.3 is 10.1 Å². The predicted molar refractivity (Wildman–Crippen MR) is 102 cm³/mol. The molecule has 1 atom stereocenters. The van der Waals surface area contributed by atoms with Gasteiger partial charge in [0.1, 0.15) is 5.82 Å². The number of aromatic nitrogens is 2. The molecule has 26 heavy (non-hydrogen) atoms. The lowest BCUT2D eigenvalue weighted by molar-refractivity contribution is -0.148. The quantitative estimate of drug-likeness (QED) is 0.582. The van der Waals surface area contributed by atoms with Crippen molar-refractivity contribution in [3.63, 3.8) is 0 Å². The summed E-state index contributed by atoms with van der Waals surface area (Å²) < 4.78 is 6.77. The summed E-state index contributed by atoms with van der Waals surface area (Å²) in [5.41, 5.74) is 0.689. The SMILES string of the molecule is CC(C)n1nccc1NC(=O)[C@@H](C)OC(=O)/C=C/c1ccc(Cl)c(Cl)c1. The smallest absolute Gasteiger partial charge is 0.331 e. The molecule has 0 unspecified atom stereocenters. The number of nitrogens with one attached hydrogen (secondary N) is 1. The van der Waals surface area contributed by atoms with Crippen molar-refractivity contribution in [2.45, 2.75) is 32.9 Å². The first-order chi connectivity index (χ1) is 12.3. The van der Waals surface area contributed by atoms with Crippen LogP contribution in [0.3, 0.4) is 0 Å². The summed E-state index contributed by atoms with van der Waals surface area (Å²) in [6.45, 7) is 5.39. The molecule has 0 spiro atoms. The number of anilines is 1. The fraction of sp³-hybridized carbons (Fsp3) is 0.278. The Kier molecular flexibility index (Phi) is 6.83. The van der Waals surface area contributed by atoms with E-state index in [4.69, 9.17) is 27.9 Å². The van der Waals surface area contributed by atoms with Crippen molar-refractivity contribution >= 4 is 47.0 Å². The van der Waals surface area contributed by atoms with Gasteiger partial charge in [-0.25, -0.2) is 9.48 Å². The number of rotatable bonds is 6. The topological polar surface area (TPSA) is 73.2 Å². The average molecular weight is 396 g/mol. The molecule has 2 aromatic rings. The number of benzene rings is 1. The molecule has 0 saturated heterocycles. The number of nitrogens with zero attached hydrogens (tertiary/aromatic N) is 2. The fourth-order valence-electron chi connectivity index (χ4n) is 2.10. The summed E-state index contributed by atoms with van der Waals surface area (Å²) in [7, 11) is 0. The van der Waals surface area contributed by atoms with Gasteiger partial charge in [-0.3, -0.25) is 4.79 Å². The van der Waals surface area contributed by atoms with Gasteiger partial charge in [-0.2, -0.15) is 5.10 Å². The van der Waals surface area contributed by atoms with Crippen LogP contribution in [-0.4, -0.2) is 27.8 Å². The second-order valence-electron chi connectivity index (χ2n) is 5.83. The summed E-state index contributed by atoms with van der Waals surface area (Å²) in [6.07, 6.45) is 3.38. The molecular weight excluding hydrogens is 377 g/mol. The maximum Gasteiger partial charge on any atom is 0.331 e. The van der Waals surface area contributed by atoms with E-state index in [1.807, 2.05) is 13.8 Å². The third-order valence-corrected chi connectivity index (χ3v) is 4.17. The molecule has 1 aromatic heterocycles. The van der Waals surface area contributed by atoms with Gasteiger partial charge in [0.15, 0.2) is 6.10 Å². The Morgan fingerprint density at radius 3 is 2.58 bits per heavy atom. The van der Waals surface area contributed by atoms with Gasteiger partial charge in [0.25, 0.3) is 5.91 Å². The first-order valence-corrected chi connectivity index (χ1v) is 8.71. The zero-order valence-corrected chi connectivity index (χ0v) is 16.1. The van der Waals surface area contributed by atoms with E-state index in [9.17, 15) is 9.59 Å². The van der Waals surface area contributed by atoms with Crippen molar-refractivity contribution in [2.75, 3.05) is 5.32 Å². The molecule has 138 valence electrons. The molecule has 6 nitrogen and oxygen atoms in total. The minimum Gasteiger partial charge on any atom is -0.449 e. The number of hydrogen-bond acceptors (Lipinski definition) is 4. The van der Waals surface area contributed by atoms with Crippen LogP contribution in [0, 0.1) is 0 Å². The maximum atomic E-state index is 12.2. The lowest BCUT2D eigenvalue weighted by Crippen LogP contribution is -2.30. The van der Waals surface area contributed by atoms with Crippen molar-refractivity contribution in [1.29, 1.82) is 0 Å². The van der Waals surface area contributed by atoms with Gasteiger partial charge in [0.2, 0.25) is 0 Å². The Morgan fingerprint density at radius 2 is 1.92 bits per heavy atom. The standard InChI is InChI=1S/C18H19Cl2N3O3/c1-11(2)23-16(8-9-21-23)22-18(25)12(3)26-17(24)7-5-13-4-6-14(19)15(20)10-13/h4-12H,1-3H3,(H,22,25)/b7-5+/t12-/m1/s1. The summed E-state index contributed by atoms with van der Waals surface area (Å²) in [6, 6.07) is 6.73. The Balaban J connectivity index is 1.93. The van der Waals surface area contributed by atoms with Crippen LogP contribution in [0.25, 0.3) is 6.08 Å². The number of hydrogen-bond donors (Lipinski definition) is 1. The third kappa shape index (κ3) is 5.34. The van der Waals surface area contributed by atoms with Gasteiger partial charge in [-0.15, -0.1) is 0 Å². The fourth-order valence-corrected chi connectivity index (χ4v) is 2.41. The van der Waals surface area contributed by atoms with Gasteiger partial charge >= 0.3 is 5.97 Å². The number of carbonyl (C=O) groups excluding carboxylic acids is 2. The molecule has 1 N–H and O–H groups in total. The molecule has 1 heterocycles. The van der Waals surface area contributed by atoms with Crippen LogP contribution in [0.15, 0.2) is 36.5 Å². The maximum absolute atomic E-state index is 12.2. The van der Waals surface area contributed by atoms with E-state index in [1.54, 1.807) is 35.1 Å². The van der Waals surface area contributed by atoms with Crippen molar-refractivity contribution in [3.05, 3.63) is 52.1 Å². The molecule has 0 aliphatic carbocycles. The van der Waals surface area contributed by atoms with Gasteiger partial charge in [-0.05, 0) is 44.5 Å². The van der Waals surface area contributed by atoms with Crippen molar-refractivity contribution in [2.24, 2.45) is 0 Å². The number of amides is 1. The molecule has 1 amide bonds. The Labute approximate surface area is 161 Å². The largest absolute Gasteiger partial charge is 0.449 e. The summed E-state index contributed by atoms with van der Waals surface area (Å²) in [5.74, 6) is -0.543. The lowest BCUT2D eigenvalue weighted by atomic mass is 10.2. The summed E-state index contributed by atoms with van der Waals surface area (Å²) in [4.78, 5) is 24.1. The van der Waals surface area contributed by atoms with E-state index in [0.29, 0.717) is 21.4 Å². The van der Waals surface area contributed by atoms with Crippen LogP contribution in [0.2, 0.25) is 10.0 Å². The Bertz CT molecular complexity index is 831. The molecule has 8 heteroatoms. The van der Waals surface area contributed by atoms with Crippen LogP contribution < -0.4 is 5.32 Å². The van der Waals surface area contributed by atoms with E-state index < -0.39 is 18.0 Å². The second kappa shape index (κ2) is 8.87. The number of esters is 1. The average Bonchev–Trinajstić information content (AvgIpc) is 3.04. The molecule has 1 aromatic carbocycles. The Morgan fingerprint density at radius 1 is 1.19 bits per heavy atom. The molecule has 0 bridgehead atoms. The number of halogens is 2. The highest BCUT2D eigenvalue weighted by molar-refractivity contribution is 6.42. The van der Waals surface area contributed by atoms with E-state index in [1.165, 1.54) is 19.1 Å². The van der Waals surface area contributed by atoms with Crippen molar-refractivity contribution < 1.29 is 14.3 Å². The van der Waals surface area contributed by atoms with E-state index in [-0.39, 0.29) is 6.04 Å². The second-order valence-corrected chi connectivity index (χ2v) is 6.64. The first kappa shape index (κ1) is 20.0. The minimum absolute atomic E-state index is 0.0901. The molecule has 0 aliphatic rings. The molecule has 0 fully saturated rings. The number of ether oxygens (including phenoxy) is 1. The van der Waals surface area contributed by atoms with Crippen LogP contribution >= 0.6 is 23.2 Å². The van der Waals surface area contributed by atoms with Crippen LogP contribution in [-0.2, 0) is 14.3 Å². The van der Waals surface area contributed by atoms with E-state index in [2.05, 4.69) is 10.4 Å². The monoisotopic (exact) mass is 395 g/mol. The molecule has 2 rings (SSSR count). The molecular formula is C18H19Cl2N3O3. The zero-order valence-electron chi connectivity index (χ0n) is 14.6. The van der Waals surface area contributed by atoms with Crippen molar-refractivity contribution in [1.82, 2.24) is 9.78 Å². The molecule has 0 aliphatic heterocycles. The summed E-state index contributed by atoms with van der Waals surface area (Å²) >= 11 is 11.8. The van der Waals surface area contributed by atoms with Gasteiger partial charge in [0.05, 0.1) is 16.2 Å². The highest BCUT2D eigenvalue weighted by Crippen LogP contribution is 2.23. The zero-order chi connectivity index (χ0) is 19.3.